The number of aryl methyl sites for hydroxylation is 3. The summed E-state index contributed by atoms with van der Waals surface area (Å²) in [4.78, 5) is 7.37. The Kier molecular flexibility index (Phi) is 4.59. The Hall–Kier alpha value is -2.47. The maximum Gasteiger partial charge on any atom is 0.143 e. The number of nitrogens with zero attached hydrogens (tertiary/aromatic N) is 5. The van der Waals surface area contributed by atoms with Crippen molar-refractivity contribution in [3.63, 3.8) is 0 Å². The molecule has 4 heterocycles. The van der Waals surface area contributed by atoms with E-state index in [1.165, 1.54) is 6.42 Å². The van der Waals surface area contributed by atoms with Gasteiger partial charge in [0, 0.05) is 32.0 Å². The molecule has 1 saturated heterocycles. The predicted molar refractivity (Wildman–Crippen MR) is 99.5 cm³/mol. The smallest absolute Gasteiger partial charge is 0.143 e. The normalized spacial score (nSPS) is 17.9. The van der Waals surface area contributed by atoms with Gasteiger partial charge in [0.2, 0.25) is 0 Å². The van der Waals surface area contributed by atoms with Gasteiger partial charge in [-0.1, -0.05) is 11.2 Å². The van der Waals surface area contributed by atoms with Gasteiger partial charge >= 0.3 is 0 Å². The van der Waals surface area contributed by atoms with E-state index in [0.29, 0.717) is 5.92 Å². The van der Waals surface area contributed by atoms with Crippen LogP contribution in [0.4, 0.5) is 0 Å². The van der Waals surface area contributed by atoms with Gasteiger partial charge < -0.3 is 4.52 Å². The van der Waals surface area contributed by atoms with Gasteiger partial charge in [-0.05, 0) is 57.4 Å². The van der Waals surface area contributed by atoms with Crippen molar-refractivity contribution in [2.75, 3.05) is 13.1 Å². The van der Waals surface area contributed by atoms with Gasteiger partial charge in [-0.2, -0.15) is 5.10 Å². The lowest BCUT2D eigenvalue weighted by atomic mass is 10.0. The number of pyridine rings is 1. The Morgan fingerprint density at radius 1 is 1.19 bits per heavy atom. The SMILES string of the molecule is Cc1noc(C)c1-c1cccc(C[C@@H]2CCN(Cc3ccn(C)n3)C2)n1. The lowest BCUT2D eigenvalue weighted by Crippen LogP contribution is -2.21. The molecule has 1 atom stereocenters. The van der Waals surface area contributed by atoms with Crippen molar-refractivity contribution in [1.82, 2.24) is 24.8 Å². The average molecular weight is 351 g/mol. The molecule has 3 aromatic rings. The molecule has 1 aliphatic rings. The first kappa shape index (κ1) is 17.0. The second kappa shape index (κ2) is 7.03. The third kappa shape index (κ3) is 3.55. The molecule has 4 rings (SSSR count). The largest absolute Gasteiger partial charge is 0.361 e. The molecule has 0 amide bonds. The maximum atomic E-state index is 5.29. The van der Waals surface area contributed by atoms with Gasteiger partial charge in [-0.25, -0.2) is 0 Å². The third-order valence-corrected chi connectivity index (χ3v) is 5.12. The maximum absolute atomic E-state index is 5.29. The zero-order valence-corrected chi connectivity index (χ0v) is 15.6. The molecule has 6 nitrogen and oxygen atoms in total. The quantitative estimate of drug-likeness (QED) is 0.707. The fourth-order valence-corrected chi connectivity index (χ4v) is 3.88. The van der Waals surface area contributed by atoms with E-state index in [1.807, 2.05) is 37.8 Å². The van der Waals surface area contributed by atoms with Crippen LogP contribution in [-0.4, -0.2) is 37.9 Å². The topological polar surface area (TPSA) is 60.0 Å². The zero-order valence-electron chi connectivity index (χ0n) is 15.6. The molecular formula is C20H25N5O. The summed E-state index contributed by atoms with van der Waals surface area (Å²) < 4.78 is 7.16. The van der Waals surface area contributed by atoms with Crippen LogP contribution in [0.5, 0.6) is 0 Å². The number of likely N-dealkylation sites (tertiary alicyclic amines) is 1. The van der Waals surface area contributed by atoms with Crippen LogP contribution in [0.3, 0.4) is 0 Å². The van der Waals surface area contributed by atoms with E-state index in [9.17, 15) is 0 Å². The Morgan fingerprint density at radius 2 is 2.08 bits per heavy atom. The third-order valence-electron chi connectivity index (χ3n) is 5.12. The summed E-state index contributed by atoms with van der Waals surface area (Å²) in [7, 11) is 1.97. The summed E-state index contributed by atoms with van der Waals surface area (Å²) in [6.45, 7) is 7.07. The molecule has 0 bridgehead atoms. The van der Waals surface area contributed by atoms with Gasteiger partial charge in [0.15, 0.2) is 0 Å². The van der Waals surface area contributed by atoms with E-state index in [2.05, 4.69) is 33.4 Å². The molecule has 26 heavy (non-hydrogen) atoms. The molecule has 3 aromatic heterocycles. The zero-order chi connectivity index (χ0) is 18.1. The molecule has 1 fully saturated rings. The lowest BCUT2D eigenvalue weighted by molar-refractivity contribution is 0.311. The van der Waals surface area contributed by atoms with Gasteiger partial charge in [0.05, 0.1) is 22.6 Å². The number of aromatic nitrogens is 4. The van der Waals surface area contributed by atoms with Crippen molar-refractivity contribution in [3.05, 3.63) is 53.3 Å². The number of rotatable bonds is 5. The van der Waals surface area contributed by atoms with Crippen molar-refractivity contribution in [3.8, 4) is 11.3 Å². The first-order valence-corrected chi connectivity index (χ1v) is 9.18. The average Bonchev–Trinajstić information content (AvgIpc) is 3.30. The van der Waals surface area contributed by atoms with Crippen LogP contribution in [0.25, 0.3) is 11.3 Å². The highest BCUT2D eigenvalue weighted by Crippen LogP contribution is 2.27. The molecule has 0 aromatic carbocycles. The molecule has 0 radical (unpaired) electrons. The fraction of sp³-hybridized carbons (Fsp3) is 0.450. The highest BCUT2D eigenvalue weighted by atomic mass is 16.5. The molecular weight excluding hydrogens is 326 g/mol. The molecule has 6 heteroatoms. The highest BCUT2D eigenvalue weighted by Gasteiger charge is 2.24. The second-order valence-electron chi connectivity index (χ2n) is 7.29. The summed E-state index contributed by atoms with van der Waals surface area (Å²) in [6.07, 6.45) is 4.23. The van der Waals surface area contributed by atoms with Gasteiger partial charge in [0.1, 0.15) is 5.76 Å². The van der Waals surface area contributed by atoms with Crippen molar-refractivity contribution < 1.29 is 4.52 Å². The Labute approximate surface area is 153 Å². The molecule has 0 N–H and O–H groups in total. The van der Waals surface area contributed by atoms with Crippen LogP contribution in [0.2, 0.25) is 0 Å². The monoisotopic (exact) mass is 351 g/mol. The van der Waals surface area contributed by atoms with Gasteiger partial charge in [-0.15, -0.1) is 0 Å². The summed E-state index contributed by atoms with van der Waals surface area (Å²) >= 11 is 0. The van der Waals surface area contributed by atoms with E-state index >= 15 is 0 Å². The van der Waals surface area contributed by atoms with Crippen molar-refractivity contribution >= 4 is 0 Å². The van der Waals surface area contributed by atoms with Crippen LogP contribution >= 0.6 is 0 Å². The van der Waals surface area contributed by atoms with Crippen molar-refractivity contribution in [2.45, 2.75) is 33.2 Å². The van der Waals surface area contributed by atoms with E-state index in [-0.39, 0.29) is 0 Å². The van der Waals surface area contributed by atoms with Crippen LogP contribution in [0, 0.1) is 19.8 Å². The predicted octanol–water partition coefficient (Wildman–Crippen LogP) is 3.15. The summed E-state index contributed by atoms with van der Waals surface area (Å²) in [5.41, 5.74) is 5.17. The van der Waals surface area contributed by atoms with Crippen molar-refractivity contribution in [1.29, 1.82) is 0 Å². The van der Waals surface area contributed by atoms with Crippen LogP contribution < -0.4 is 0 Å². The Bertz CT molecular complexity index is 878. The van der Waals surface area contributed by atoms with Crippen LogP contribution in [0.1, 0.15) is 29.3 Å². The van der Waals surface area contributed by atoms with E-state index in [0.717, 1.165) is 60.2 Å². The summed E-state index contributed by atoms with van der Waals surface area (Å²) in [5, 5.41) is 8.54. The van der Waals surface area contributed by atoms with Crippen LogP contribution in [-0.2, 0) is 20.0 Å². The molecule has 136 valence electrons. The summed E-state index contributed by atoms with van der Waals surface area (Å²) in [6, 6.07) is 8.35. The fourth-order valence-electron chi connectivity index (χ4n) is 3.88. The molecule has 0 spiro atoms. The minimum Gasteiger partial charge on any atom is -0.361 e. The standard InChI is InChI=1S/C20H25N5O/c1-14-20(15(2)26-23-14)19-6-4-5-17(21-19)11-16-7-10-25(12-16)13-18-8-9-24(3)22-18/h4-6,8-9,16H,7,10-13H2,1-3H3/t16-/m0/s1. The molecule has 1 aliphatic heterocycles. The molecule has 0 saturated carbocycles. The molecule has 0 aliphatic carbocycles. The first-order valence-electron chi connectivity index (χ1n) is 9.18. The van der Waals surface area contributed by atoms with Crippen molar-refractivity contribution in [2.24, 2.45) is 13.0 Å². The van der Waals surface area contributed by atoms with E-state index in [4.69, 9.17) is 9.51 Å². The Morgan fingerprint density at radius 3 is 2.81 bits per heavy atom. The minimum absolute atomic E-state index is 0.645. The van der Waals surface area contributed by atoms with E-state index in [1.54, 1.807) is 0 Å². The van der Waals surface area contributed by atoms with Gasteiger partial charge in [0.25, 0.3) is 0 Å². The highest BCUT2D eigenvalue weighted by molar-refractivity contribution is 5.63. The summed E-state index contributed by atoms with van der Waals surface area (Å²) in [5.74, 6) is 1.47. The van der Waals surface area contributed by atoms with Crippen LogP contribution in [0.15, 0.2) is 35.0 Å². The Balaban J connectivity index is 1.41. The number of hydrogen-bond acceptors (Lipinski definition) is 5. The number of hydrogen-bond donors (Lipinski definition) is 0. The van der Waals surface area contributed by atoms with E-state index < -0.39 is 0 Å². The minimum atomic E-state index is 0.645. The first-order chi connectivity index (χ1) is 12.6. The lowest BCUT2D eigenvalue weighted by Gasteiger charge is -2.14. The molecule has 0 unspecified atom stereocenters. The second-order valence-corrected chi connectivity index (χ2v) is 7.29. The van der Waals surface area contributed by atoms with Gasteiger partial charge in [-0.3, -0.25) is 14.6 Å².